The minimum absolute atomic E-state index is 0.147. The van der Waals surface area contributed by atoms with Crippen molar-refractivity contribution < 1.29 is 4.79 Å². The van der Waals surface area contributed by atoms with Gasteiger partial charge in [0.2, 0.25) is 0 Å². The highest BCUT2D eigenvalue weighted by molar-refractivity contribution is 8.26. The highest BCUT2D eigenvalue weighted by atomic mass is 32.2. The van der Waals surface area contributed by atoms with Crippen LogP contribution in [0.3, 0.4) is 0 Å². The van der Waals surface area contributed by atoms with Crippen LogP contribution < -0.4 is 15.4 Å². The number of hydrogen-bond donors (Lipinski definition) is 0. The zero-order valence-electron chi connectivity index (χ0n) is 19.8. The van der Waals surface area contributed by atoms with Crippen molar-refractivity contribution in [3.05, 3.63) is 75.6 Å². The Labute approximate surface area is 214 Å². The summed E-state index contributed by atoms with van der Waals surface area (Å²) in [5.41, 5.74) is 2.01. The van der Waals surface area contributed by atoms with Crippen molar-refractivity contribution in [2.45, 2.75) is 13.8 Å². The highest BCUT2D eigenvalue weighted by Crippen LogP contribution is 2.34. The van der Waals surface area contributed by atoms with Gasteiger partial charge in [-0.25, -0.2) is 4.98 Å². The van der Waals surface area contributed by atoms with E-state index in [0.717, 1.165) is 26.2 Å². The molecule has 2 aliphatic heterocycles. The fraction of sp³-hybridized carbons (Fsp3) is 0.308. The van der Waals surface area contributed by atoms with E-state index in [1.807, 2.05) is 30.3 Å². The molecule has 2 aliphatic rings. The third-order valence-corrected chi connectivity index (χ3v) is 7.52. The fourth-order valence-electron chi connectivity index (χ4n) is 4.43. The summed E-state index contributed by atoms with van der Waals surface area (Å²) in [6.45, 7) is 7.74. The predicted molar refractivity (Wildman–Crippen MR) is 147 cm³/mol. The number of thioether (sulfide) groups is 1. The number of amides is 1. The summed E-state index contributed by atoms with van der Waals surface area (Å²) in [6, 6.07) is 15.8. The first kappa shape index (κ1) is 23.6. The van der Waals surface area contributed by atoms with Crippen LogP contribution in [-0.4, -0.2) is 57.2 Å². The Morgan fingerprint density at radius 2 is 1.69 bits per heavy atom. The van der Waals surface area contributed by atoms with Gasteiger partial charge in [0.15, 0.2) is 0 Å². The molecule has 0 saturated carbocycles. The number of thiocarbonyl (C=S) groups is 1. The van der Waals surface area contributed by atoms with E-state index >= 15 is 0 Å². The molecule has 0 aliphatic carbocycles. The second kappa shape index (κ2) is 9.83. The molecule has 7 nitrogen and oxygen atoms in total. The van der Waals surface area contributed by atoms with Crippen LogP contribution in [0.1, 0.15) is 19.4 Å². The zero-order valence-corrected chi connectivity index (χ0v) is 21.4. The Bertz CT molecular complexity index is 1360. The van der Waals surface area contributed by atoms with Crippen molar-refractivity contribution in [2.75, 3.05) is 42.5 Å². The number of aromatic nitrogens is 2. The number of hydrogen-bond acceptors (Lipinski definition) is 7. The lowest BCUT2D eigenvalue weighted by Crippen LogP contribution is -2.47. The molecule has 0 spiro atoms. The molecule has 1 amide bonds. The van der Waals surface area contributed by atoms with Crippen LogP contribution in [-0.2, 0) is 4.79 Å². The molecule has 2 fully saturated rings. The largest absolute Gasteiger partial charge is 0.368 e. The normalized spacial score (nSPS) is 17.9. The van der Waals surface area contributed by atoms with Gasteiger partial charge in [0.25, 0.3) is 11.5 Å². The average Bonchev–Trinajstić information content (AvgIpc) is 3.13. The van der Waals surface area contributed by atoms with E-state index in [2.05, 4.69) is 35.8 Å². The smallest absolute Gasteiger partial charge is 0.267 e. The molecule has 2 saturated heterocycles. The van der Waals surface area contributed by atoms with Crippen molar-refractivity contribution in [1.82, 2.24) is 14.3 Å². The van der Waals surface area contributed by atoms with Crippen molar-refractivity contribution in [3.8, 4) is 0 Å². The Morgan fingerprint density at radius 1 is 1.00 bits per heavy atom. The highest BCUT2D eigenvalue weighted by Gasteiger charge is 2.33. The molecule has 180 valence electrons. The van der Waals surface area contributed by atoms with E-state index in [-0.39, 0.29) is 11.5 Å². The lowest BCUT2D eigenvalue weighted by atomic mass is 10.2. The SMILES string of the molecule is CC(C)CN1C(=O)C(=Cc2c(N3CCN(c4ccccc4)CC3)nc3ccccn3c2=O)SC1=S. The van der Waals surface area contributed by atoms with E-state index < -0.39 is 0 Å². The summed E-state index contributed by atoms with van der Waals surface area (Å²) in [4.78, 5) is 38.1. The zero-order chi connectivity index (χ0) is 24.5. The summed E-state index contributed by atoms with van der Waals surface area (Å²) in [5, 5.41) is 0. The Hall–Kier alpha value is -3.17. The lowest BCUT2D eigenvalue weighted by Gasteiger charge is -2.37. The molecular weight excluding hydrogens is 478 g/mol. The van der Waals surface area contributed by atoms with Gasteiger partial charge in [-0.3, -0.25) is 18.9 Å². The number of carbonyl (C=O) groups is 1. The Balaban J connectivity index is 1.51. The molecule has 3 aromatic rings. The minimum atomic E-state index is -0.190. The molecule has 9 heteroatoms. The number of para-hydroxylation sites is 1. The Morgan fingerprint density at radius 3 is 2.40 bits per heavy atom. The summed E-state index contributed by atoms with van der Waals surface area (Å²) in [7, 11) is 0. The van der Waals surface area contributed by atoms with Gasteiger partial charge in [0, 0.05) is 44.6 Å². The van der Waals surface area contributed by atoms with E-state index in [9.17, 15) is 9.59 Å². The van der Waals surface area contributed by atoms with E-state index in [1.54, 1.807) is 23.2 Å². The number of fused-ring (bicyclic) bond motifs is 1. The maximum Gasteiger partial charge on any atom is 0.267 e. The van der Waals surface area contributed by atoms with E-state index in [0.29, 0.717) is 38.7 Å². The van der Waals surface area contributed by atoms with Gasteiger partial charge >= 0.3 is 0 Å². The number of benzene rings is 1. The number of rotatable bonds is 5. The van der Waals surface area contributed by atoms with Crippen LogP contribution in [0.4, 0.5) is 11.5 Å². The standard InChI is InChI=1S/C26H27N5O2S2/c1-18(2)17-31-25(33)21(35-26(31)34)16-20-23(27-22-10-6-7-11-30(22)24(20)32)29-14-12-28(13-15-29)19-8-4-3-5-9-19/h3-11,16,18H,12-15,17H2,1-2H3. The molecule has 0 atom stereocenters. The molecule has 0 N–H and O–H groups in total. The molecule has 1 aromatic carbocycles. The molecule has 35 heavy (non-hydrogen) atoms. The third-order valence-electron chi connectivity index (χ3n) is 6.15. The van der Waals surface area contributed by atoms with Crippen molar-refractivity contribution in [3.63, 3.8) is 0 Å². The van der Waals surface area contributed by atoms with Gasteiger partial charge in [0.05, 0.1) is 10.5 Å². The van der Waals surface area contributed by atoms with Crippen LogP contribution in [0, 0.1) is 5.92 Å². The first-order chi connectivity index (χ1) is 16.9. The molecule has 4 heterocycles. The van der Waals surface area contributed by atoms with Crippen LogP contribution in [0.25, 0.3) is 11.7 Å². The summed E-state index contributed by atoms with van der Waals surface area (Å²) in [5.74, 6) is 0.760. The number of carbonyl (C=O) groups excluding carboxylic acids is 1. The second-order valence-corrected chi connectivity index (χ2v) is 10.8. The van der Waals surface area contributed by atoms with Crippen molar-refractivity contribution >= 4 is 57.4 Å². The minimum Gasteiger partial charge on any atom is -0.368 e. The van der Waals surface area contributed by atoms with Gasteiger partial charge < -0.3 is 9.80 Å². The van der Waals surface area contributed by atoms with Crippen molar-refractivity contribution in [1.29, 1.82) is 0 Å². The van der Waals surface area contributed by atoms with Crippen LogP contribution in [0.15, 0.2) is 64.4 Å². The monoisotopic (exact) mass is 505 g/mol. The summed E-state index contributed by atoms with van der Waals surface area (Å²) in [6.07, 6.45) is 3.40. The molecule has 0 bridgehead atoms. The van der Waals surface area contributed by atoms with Crippen LogP contribution in [0.5, 0.6) is 0 Å². The number of nitrogens with zero attached hydrogens (tertiary/aromatic N) is 5. The molecule has 0 unspecified atom stereocenters. The van der Waals surface area contributed by atoms with Crippen molar-refractivity contribution in [2.24, 2.45) is 5.92 Å². The molecule has 2 aromatic heterocycles. The first-order valence-corrected chi connectivity index (χ1v) is 13.0. The third kappa shape index (κ3) is 4.70. The first-order valence-electron chi connectivity index (χ1n) is 11.7. The summed E-state index contributed by atoms with van der Waals surface area (Å²) >= 11 is 6.72. The topological polar surface area (TPSA) is 61.2 Å². The van der Waals surface area contributed by atoms with Crippen LogP contribution in [0.2, 0.25) is 0 Å². The predicted octanol–water partition coefficient (Wildman–Crippen LogP) is 3.88. The van der Waals surface area contributed by atoms with Gasteiger partial charge in [-0.2, -0.15) is 0 Å². The lowest BCUT2D eigenvalue weighted by molar-refractivity contribution is -0.122. The van der Waals surface area contributed by atoms with Gasteiger partial charge in [-0.15, -0.1) is 0 Å². The van der Waals surface area contributed by atoms with E-state index in [1.165, 1.54) is 21.8 Å². The number of piperazine rings is 1. The average molecular weight is 506 g/mol. The molecule has 0 radical (unpaired) electrons. The van der Waals surface area contributed by atoms with Gasteiger partial charge in [0.1, 0.15) is 15.8 Å². The quantitative estimate of drug-likeness (QED) is 0.385. The second-order valence-electron chi connectivity index (χ2n) is 9.08. The maximum atomic E-state index is 13.6. The fourth-order valence-corrected chi connectivity index (χ4v) is 5.68. The molecular formula is C26H27N5O2S2. The van der Waals surface area contributed by atoms with Gasteiger partial charge in [-0.1, -0.05) is 62.1 Å². The van der Waals surface area contributed by atoms with Gasteiger partial charge in [-0.05, 0) is 36.3 Å². The van der Waals surface area contributed by atoms with E-state index in [4.69, 9.17) is 17.2 Å². The van der Waals surface area contributed by atoms with Crippen LogP contribution >= 0.6 is 24.0 Å². The molecule has 5 rings (SSSR count). The number of pyridine rings is 1. The number of anilines is 2. The summed E-state index contributed by atoms with van der Waals surface area (Å²) < 4.78 is 2.06. The maximum absolute atomic E-state index is 13.6. The Kier molecular flexibility index (Phi) is 6.62.